The van der Waals surface area contributed by atoms with Gasteiger partial charge in [0.05, 0.1) is 0 Å². The Kier molecular flexibility index (Phi) is 4.33. The van der Waals surface area contributed by atoms with Gasteiger partial charge in [-0.3, -0.25) is 0 Å². The molecule has 0 aromatic rings. The van der Waals surface area contributed by atoms with E-state index in [1.807, 2.05) is 0 Å². The summed E-state index contributed by atoms with van der Waals surface area (Å²) in [6, 6.07) is 0. The average molecular weight is 303 g/mol. The van der Waals surface area contributed by atoms with Crippen LogP contribution in [0.2, 0.25) is 0 Å². The summed E-state index contributed by atoms with van der Waals surface area (Å²) in [4.78, 5) is 0.381. The van der Waals surface area contributed by atoms with Gasteiger partial charge in [0.25, 0.3) is 0 Å². The first-order valence-electron chi connectivity index (χ1n) is 6.94. The van der Waals surface area contributed by atoms with Crippen molar-refractivity contribution < 1.29 is 4.39 Å². The fraction of sp³-hybridized carbons (Fsp3) is 0.867. The average Bonchev–Trinajstić information content (AvgIpc) is 2.52. The van der Waals surface area contributed by atoms with Crippen LogP contribution in [0.25, 0.3) is 0 Å². The van der Waals surface area contributed by atoms with Gasteiger partial charge in [0.15, 0.2) is 0 Å². The Balaban J connectivity index is 2.03. The van der Waals surface area contributed by atoms with Crippen molar-refractivity contribution in [3.8, 4) is 0 Å². The molecule has 0 aliphatic heterocycles. The molecule has 98 valence electrons. The molecule has 2 heteroatoms. The molecule has 0 amide bonds. The lowest BCUT2D eigenvalue weighted by molar-refractivity contribution is 0.127. The predicted molar refractivity (Wildman–Crippen MR) is 75.1 cm³/mol. The summed E-state index contributed by atoms with van der Waals surface area (Å²) in [5.74, 6) is 2.16. The van der Waals surface area contributed by atoms with Crippen LogP contribution >= 0.6 is 15.9 Å². The zero-order valence-corrected chi connectivity index (χ0v) is 12.5. The Labute approximate surface area is 113 Å². The van der Waals surface area contributed by atoms with E-state index in [2.05, 4.69) is 36.4 Å². The van der Waals surface area contributed by atoms with Crippen LogP contribution < -0.4 is 0 Å². The van der Waals surface area contributed by atoms with Crippen LogP contribution in [0.3, 0.4) is 0 Å². The Morgan fingerprint density at radius 3 is 2.76 bits per heavy atom. The number of allylic oxidation sites excluding steroid dienone is 1. The van der Waals surface area contributed by atoms with Crippen molar-refractivity contribution in [3.63, 3.8) is 0 Å². The summed E-state index contributed by atoms with van der Waals surface area (Å²) < 4.78 is 14.1. The molecule has 2 aliphatic carbocycles. The molecule has 0 N–H and O–H groups in total. The molecular weight excluding hydrogens is 279 g/mol. The minimum absolute atomic E-state index is 0.168. The van der Waals surface area contributed by atoms with E-state index >= 15 is 0 Å². The third-order valence-electron chi connectivity index (χ3n) is 4.58. The van der Waals surface area contributed by atoms with Crippen LogP contribution in [0.5, 0.6) is 0 Å². The first kappa shape index (κ1) is 13.6. The van der Waals surface area contributed by atoms with Gasteiger partial charge in [-0.15, -0.1) is 0 Å². The number of fused-ring (bicyclic) bond motifs is 1. The fourth-order valence-corrected chi connectivity index (χ4v) is 4.52. The van der Waals surface area contributed by atoms with E-state index in [1.165, 1.54) is 18.4 Å². The van der Waals surface area contributed by atoms with Crippen LogP contribution in [0, 0.1) is 23.7 Å². The molecule has 2 saturated carbocycles. The molecule has 5 unspecified atom stereocenters. The Bertz CT molecular complexity index is 287. The smallest absolute Gasteiger partial charge is 0.108 e. The topological polar surface area (TPSA) is 0 Å². The molecule has 0 aromatic carbocycles. The van der Waals surface area contributed by atoms with E-state index in [-0.39, 0.29) is 5.92 Å². The van der Waals surface area contributed by atoms with Crippen LogP contribution in [-0.2, 0) is 0 Å². The first-order valence-corrected chi connectivity index (χ1v) is 7.86. The summed E-state index contributed by atoms with van der Waals surface area (Å²) in [6.07, 6.45) is 4.76. The van der Waals surface area contributed by atoms with E-state index in [0.29, 0.717) is 23.1 Å². The third kappa shape index (κ3) is 2.94. The predicted octanol–water partition coefficient (Wildman–Crippen LogP) is 5.13. The summed E-state index contributed by atoms with van der Waals surface area (Å²) in [5.41, 5.74) is 1.19. The van der Waals surface area contributed by atoms with Crippen molar-refractivity contribution in [2.24, 2.45) is 23.7 Å². The van der Waals surface area contributed by atoms with Crippen molar-refractivity contribution in [1.29, 1.82) is 0 Å². The lowest BCUT2D eigenvalue weighted by Crippen LogP contribution is -2.34. The standard InChI is InChI=1S/C15H24BrF/c1-9(2)4-5-11-6-10(3)15-13(11)7-12(16)8-14(15)17/h9,11-15H,3-8H2,1-2H3. The molecule has 2 rings (SSSR count). The third-order valence-corrected chi connectivity index (χ3v) is 5.32. The van der Waals surface area contributed by atoms with Crippen molar-refractivity contribution in [1.82, 2.24) is 0 Å². The van der Waals surface area contributed by atoms with Gasteiger partial charge in [0.2, 0.25) is 0 Å². The van der Waals surface area contributed by atoms with E-state index < -0.39 is 6.17 Å². The Morgan fingerprint density at radius 1 is 1.41 bits per heavy atom. The highest BCUT2D eigenvalue weighted by Crippen LogP contribution is 2.52. The maximum Gasteiger partial charge on any atom is 0.108 e. The molecule has 5 atom stereocenters. The summed E-state index contributed by atoms with van der Waals surface area (Å²) in [6.45, 7) is 8.68. The fourth-order valence-electron chi connectivity index (χ4n) is 3.73. The van der Waals surface area contributed by atoms with Crippen LogP contribution in [-0.4, -0.2) is 11.0 Å². The van der Waals surface area contributed by atoms with Crippen LogP contribution in [0.1, 0.15) is 46.0 Å². The number of hydrogen-bond donors (Lipinski definition) is 0. The Hall–Kier alpha value is 0.150. The second-order valence-corrected chi connectivity index (χ2v) is 7.66. The first-order chi connectivity index (χ1) is 7.99. The monoisotopic (exact) mass is 302 g/mol. The lowest BCUT2D eigenvalue weighted by atomic mass is 9.75. The van der Waals surface area contributed by atoms with Gasteiger partial charge in [-0.25, -0.2) is 4.39 Å². The lowest BCUT2D eigenvalue weighted by Gasteiger charge is -2.35. The van der Waals surface area contributed by atoms with Gasteiger partial charge < -0.3 is 0 Å². The van der Waals surface area contributed by atoms with Crippen LogP contribution in [0.15, 0.2) is 12.2 Å². The van der Waals surface area contributed by atoms with Crippen LogP contribution in [0.4, 0.5) is 4.39 Å². The van der Waals surface area contributed by atoms with Gasteiger partial charge in [0.1, 0.15) is 6.17 Å². The SMILES string of the molecule is C=C1CC(CCC(C)C)C2CC(Br)CC(F)C12. The highest BCUT2D eigenvalue weighted by Gasteiger charge is 2.46. The highest BCUT2D eigenvalue weighted by atomic mass is 79.9. The van der Waals surface area contributed by atoms with Gasteiger partial charge in [-0.2, -0.15) is 0 Å². The summed E-state index contributed by atoms with van der Waals surface area (Å²) in [7, 11) is 0. The quantitative estimate of drug-likeness (QED) is 0.501. The summed E-state index contributed by atoms with van der Waals surface area (Å²) >= 11 is 3.62. The molecule has 0 saturated heterocycles. The molecule has 2 fully saturated rings. The minimum Gasteiger partial charge on any atom is -0.247 e. The van der Waals surface area contributed by atoms with E-state index in [9.17, 15) is 4.39 Å². The second-order valence-electron chi connectivity index (χ2n) is 6.37. The minimum atomic E-state index is -0.658. The van der Waals surface area contributed by atoms with E-state index in [4.69, 9.17) is 0 Å². The maximum absolute atomic E-state index is 14.1. The second kappa shape index (κ2) is 5.42. The van der Waals surface area contributed by atoms with Gasteiger partial charge in [-0.1, -0.05) is 48.4 Å². The van der Waals surface area contributed by atoms with Crippen molar-refractivity contribution in [2.45, 2.75) is 57.0 Å². The number of rotatable bonds is 3. The maximum atomic E-state index is 14.1. The molecule has 17 heavy (non-hydrogen) atoms. The Morgan fingerprint density at radius 2 is 2.12 bits per heavy atom. The number of halogens is 2. The van der Waals surface area contributed by atoms with Gasteiger partial charge >= 0.3 is 0 Å². The summed E-state index contributed by atoms with van der Waals surface area (Å²) in [5, 5.41) is 0. The van der Waals surface area contributed by atoms with E-state index in [0.717, 1.165) is 18.8 Å². The number of hydrogen-bond acceptors (Lipinski definition) is 0. The molecular formula is C15H24BrF. The number of alkyl halides is 2. The van der Waals surface area contributed by atoms with Gasteiger partial charge in [-0.05, 0) is 43.4 Å². The molecule has 2 aliphatic rings. The molecule has 0 radical (unpaired) electrons. The highest BCUT2D eigenvalue weighted by molar-refractivity contribution is 9.09. The molecule has 0 bridgehead atoms. The van der Waals surface area contributed by atoms with Crippen molar-refractivity contribution in [3.05, 3.63) is 12.2 Å². The molecule has 0 spiro atoms. The molecule has 0 heterocycles. The normalized spacial score (nSPS) is 41.9. The molecule has 0 nitrogen and oxygen atoms in total. The van der Waals surface area contributed by atoms with Crippen molar-refractivity contribution >= 4 is 15.9 Å². The van der Waals surface area contributed by atoms with E-state index in [1.54, 1.807) is 0 Å². The zero-order chi connectivity index (χ0) is 12.6. The largest absolute Gasteiger partial charge is 0.247 e. The zero-order valence-electron chi connectivity index (χ0n) is 11.0. The van der Waals surface area contributed by atoms with Crippen molar-refractivity contribution in [2.75, 3.05) is 0 Å². The molecule has 0 aromatic heterocycles. The van der Waals surface area contributed by atoms with Gasteiger partial charge in [0, 0.05) is 10.7 Å².